The molecule has 0 spiro atoms. The molecule has 0 saturated carbocycles. The maximum Gasteiger partial charge on any atom is 0.407 e. The van der Waals surface area contributed by atoms with Crippen molar-refractivity contribution in [3.63, 3.8) is 0 Å². The van der Waals surface area contributed by atoms with Crippen LogP contribution in [-0.4, -0.2) is 77.3 Å². The van der Waals surface area contributed by atoms with E-state index in [0.717, 1.165) is 0 Å². The van der Waals surface area contributed by atoms with Gasteiger partial charge in [0.05, 0.1) is 11.1 Å². The molecule has 2 aliphatic heterocycles. The number of nitrogens with one attached hydrogen (secondary N) is 2. The summed E-state index contributed by atoms with van der Waals surface area (Å²) in [4.78, 5) is 64.1. The second-order valence-electron chi connectivity index (χ2n) is 9.81. The Hall–Kier alpha value is -3.43. The van der Waals surface area contributed by atoms with Gasteiger partial charge in [-0.1, -0.05) is 12.1 Å². The first-order valence-electron chi connectivity index (χ1n) is 12.0. The predicted molar refractivity (Wildman–Crippen MR) is 128 cm³/mol. The van der Waals surface area contributed by atoms with Crippen molar-refractivity contribution >= 4 is 29.7 Å². The summed E-state index contributed by atoms with van der Waals surface area (Å²) in [6.07, 6.45) is 1.55. The highest BCUT2D eigenvalue weighted by atomic mass is 16.6. The monoisotopic (exact) mass is 486 g/mol. The number of hydrogen-bond donors (Lipinski definition) is 2. The second kappa shape index (κ2) is 11.3. The summed E-state index contributed by atoms with van der Waals surface area (Å²) < 4.78 is 5.13. The van der Waals surface area contributed by atoms with Crippen molar-refractivity contribution in [2.75, 3.05) is 26.2 Å². The van der Waals surface area contributed by atoms with Gasteiger partial charge in [0, 0.05) is 45.1 Å². The molecule has 10 nitrogen and oxygen atoms in total. The lowest BCUT2D eigenvalue weighted by molar-refractivity contribution is -0.132. The third-order valence-electron chi connectivity index (χ3n) is 5.88. The highest BCUT2D eigenvalue weighted by molar-refractivity contribution is 6.21. The maximum absolute atomic E-state index is 12.6. The average Bonchev–Trinajstić information content (AvgIpc) is 3.03. The van der Waals surface area contributed by atoms with E-state index in [0.29, 0.717) is 43.5 Å². The molecule has 2 aliphatic rings. The molecule has 0 bridgehead atoms. The second-order valence-corrected chi connectivity index (χ2v) is 9.81. The molecule has 1 aromatic rings. The number of amides is 5. The molecule has 35 heavy (non-hydrogen) atoms. The van der Waals surface area contributed by atoms with Crippen LogP contribution in [0, 0.1) is 0 Å². The number of nitrogens with zero attached hydrogens (tertiary/aromatic N) is 2. The first kappa shape index (κ1) is 26.2. The summed E-state index contributed by atoms with van der Waals surface area (Å²) in [5.74, 6) is -0.800. The fourth-order valence-corrected chi connectivity index (χ4v) is 4.15. The molecule has 0 radical (unpaired) electrons. The smallest absolute Gasteiger partial charge is 0.407 e. The van der Waals surface area contributed by atoms with Crippen molar-refractivity contribution in [3.8, 4) is 0 Å². The quantitative estimate of drug-likeness (QED) is 0.542. The minimum atomic E-state index is -0.591. The van der Waals surface area contributed by atoms with Gasteiger partial charge in [-0.3, -0.25) is 24.1 Å². The van der Waals surface area contributed by atoms with Gasteiger partial charge >= 0.3 is 6.09 Å². The average molecular weight is 487 g/mol. The number of benzene rings is 1. The normalized spacial score (nSPS) is 16.2. The fraction of sp³-hybridized carbons (Fsp3) is 0.560. The maximum atomic E-state index is 12.6. The summed E-state index contributed by atoms with van der Waals surface area (Å²) in [6.45, 7) is 6.77. The van der Waals surface area contributed by atoms with Crippen LogP contribution in [-0.2, 0) is 14.3 Å². The van der Waals surface area contributed by atoms with Crippen LogP contribution in [0.5, 0.6) is 0 Å². The van der Waals surface area contributed by atoms with E-state index < -0.39 is 11.7 Å². The molecule has 1 fully saturated rings. The Morgan fingerprint density at radius 1 is 1.00 bits per heavy atom. The van der Waals surface area contributed by atoms with Crippen LogP contribution in [0.3, 0.4) is 0 Å². The van der Waals surface area contributed by atoms with Gasteiger partial charge in [-0.05, 0) is 52.2 Å². The molecular formula is C25H34N4O6. The lowest BCUT2D eigenvalue weighted by Crippen LogP contribution is -2.47. The molecule has 0 aliphatic carbocycles. The first-order valence-corrected chi connectivity index (χ1v) is 12.0. The van der Waals surface area contributed by atoms with E-state index in [1.807, 2.05) is 0 Å². The zero-order valence-electron chi connectivity index (χ0n) is 20.6. The lowest BCUT2D eigenvalue weighted by atomic mass is 10.0. The minimum Gasteiger partial charge on any atom is -0.444 e. The van der Waals surface area contributed by atoms with Crippen molar-refractivity contribution in [1.29, 1.82) is 0 Å². The zero-order valence-corrected chi connectivity index (χ0v) is 20.6. The van der Waals surface area contributed by atoms with Crippen molar-refractivity contribution in [2.24, 2.45) is 0 Å². The zero-order chi connectivity index (χ0) is 25.6. The van der Waals surface area contributed by atoms with Crippen LogP contribution in [0.1, 0.15) is 73.6 Å². The van der Waals surface area contributed by atoms with Crippen LogP contribution in [0.25, 0.3) is 0 Å². The van der Waals surface area contributed by atoms with Gasteiger partial charge in [-0.25, -0.2) is 4.79 Å². The van der Waals surface area contributed by atoms with E-state index in [4.69, 9.17) is 4.74 Å². The Morgan fingerprint density at radius 2 is 1.60 bits per heavy atom. The van der Waals surface area contributed by atoms with Crippen molar-refractivity contribution in [3.05, 3.63) is 35.4 Å². The number of carbonyl (C=O) groups is 5. The number of piperidine rings is 1. The number of hydrogen-bond acceptors (Lipinski definition) is 6. The van der Waals surface area contributed by atoms with Gasteiger partial charge in [0.25, 0.3) is 11.8 Å². The number of likely N-dealkylation sites (tertiary alicyclic amines) is 1. The van der Waals surface area contributed by atoms with Crippen LogP contribution in [0.4, 0.5) is 4.79 Å². The van der Waals surface area contributed by atoms with E-state index >= 15 is 0 Å². The Morgan fingerprint density at radius 3 is 2.17 bits per heavy atom. The van der Waals surface area contributed by atoms with E-state index in [1.54, 1.807) is 49.9 Å². The Bertz CT molecular complexity index is 943. The van der Waals surface area contributed by atoms with Crippen molar-refractivity contribution in [1.82, 2.24) is 20.4 Å². The summed E-state index contributed by atoms with van der Waals surface area (Å²) >= 11 is 0. The number of alkyl carbamates (subject to hydrolysis) is 1. The molecule has 2 heterocycles. The molecule has 1 aromatic carbocycles. The van der Waals surface area contributed by atoms with E-state index in [-0.39, 0.29) is 55.6 Å². The Balaban J connectivity index is 1.31. The largest absolute Gasteiger partial charge is 0.444 e. The molecule has 3 rings (SSSR count). The fourth-order valence-electron chi connectivity index (χ4n) is 4.15. The third kappa shape index (κ3) is 7.27. The Labute approximate surface area is 205 Å². The topological polar surface area (TPSA) is 125 Å². The molecule has 0 aromatic heterocycles. The number of carbonyl (C=O) groups excluding carboxylic acids is 5. The van der Waals surface area contributed by atoms with Crippen LogP contribution >= 0.6 is 0 Å². The molecule has 10 heteroatoms. The van der Waals surface area contributed by atoms with Crippen molar-refractivity contribution in [2.45, 2.75) is 64.5 Å². The van der Waals surface area contributed by atoms with Gasteiger partial charge < -0.3 is 20.3 Å². The third-order valence-corrected chi connectivity index (χ3v) is 5.88. The minimum absolute atomic E-state index is 0.0204. The molecule has 2 N–H and O–H groups in total. The molecular weight excluding hydrogens is 452 g/mol. The number of ether oxygens (including phenoxy) is 1. The first-order chi connectivity index (χ1) is 16.5. The molecule has 0 unspecified atom stereocenters. The predicted octanol–water partition coefficient (Wildman–Crippen LogP) is 2.08. The summed E-state index contributed by atoms with van der Waals surface area (Å²) in [5.41, 5.74) is 0.231. The summed E-state index contributed by atoms with van der Waals surface area (Å²) in [5, 5.41) is 5.51. The van der Waals surface area contributed by atoms with Crippen LogP contribution < -0.4 is 10.6 Å². The summed E-state index contributed by atoms with van der Waals surface area (Å²) in [7, 11) is 0. The van der Waals surface area contributed by atoms with Gasteiger partial charge in [-0.2, -0.15) is 0 Å². The standard InChI is InChI=1S/C25H34N4O6/c1-25(2,3)35-24(34)26-13-10-20(30)27-17-11-15-28(16-12-17)21(31)9-6-14-29-22(32)18-7-4-5-8-19(18)23(29)33/h4-5,7-8,17H,6,9-16H2,1-3H3,(H,26,34)(H,27,30). The molecule has 190 valence electrons. The number of rotatable bonds is 8. The number of fused-ring (bicyclic) bond motifs is 1. The highest BCUT2D eigenvalue weighted by Gasteiger charge is 2.34. The van der Waals surface area contributed by atoms with Crippen LogP contribution in [0.15, 0.2) is 24.3 Å². The van der Waals surface area contributed by atoms with E-state index in [2.05, 4.69) is 10.6 Å². The van der Waals surface area contributed by atoms with Crippen molar-refractivity contribution < 1.29 is 28.7 Å². The molecule has 5 amide bonds. The van der Waals surface area contributed by atoms with Gasteiger partial charge in [0.1, 0.15) is 5.60 Å². The number of imide groups is 1. The summed E-state index contributed by atoms with van der Waals surface area (Å²) in [6, 6.07) is 6.71. The Kier molecular flexibility index (Phi) is 8.48. The van der Waals surface area contributed by atoms with E-state index in [1.165, 1.54) is 4.90 Å². The SMILES string of the molecule is CC(C)(C)OC(=O)NCCC(=O)NC1CCN(C(=O)CCCN2C(=O)c3ccccc3C2=O)CC1. The molecule has 0 atom stereocenters. The van der Waals surface area contributed by atoms with Gasteiger partial charge in [-0.15, -0.1) is 0 Å². The van der Waals surface area contributed by atoms with Gasteiger partial charge in [0.15, 0.2) is 0 Å². The lowest BCUT2D eigenvalue weighted by Gasteiger charge is -2.32. The molecule has 1 saturated heterocycles. The van der Waals surface area contributed by atoms with Crippen LogP contribution in [0.2, 0.25) is 0 Å². The highest BCUT2D eigenvalue weighted by Crippen LogP contribution is 2.23. The van der Waals surface area contributed by atoms with Gasteiger partial charge in [0.2, 0.25) is 11.8 Å². The van der Waals surface area contributed by atoms with E-state index in [9.17, 15) is 24.0 Å².